The molecule has 9 nitrogen and oxygen atoms in total. The van der Waals surface area contributed by atoms with Gasteiger partial charge in [0, 0.05) is 18.5 Å². The van der Waals surface area contributed by atoms with E-state index in [4.69, 9.17) is 9.15 Å². The Labute approximate surface area is 150 Å². The van der Waals surface area contributed by atoms with Crippen LogP contribution in [0.25, 0.3) is 11.5 Å². The van der Waals surface area contributed by atoms with Gasteiger partial charge in [-0.25, -0.2) is 13.1 Å². The van der Waals surface area contributed by atoms with Crippen LogP contribution in [0.3, 0.4) is 0 Å². The van der Waals surface area contributed by atoms with Gasteiger partial charge in [-0.3, -0.25) is 5.10 Å². The molecule has 138 valence electrons. The first kappa shape index (κ1) is 18.1. The number of hydrogen-bond donors (Lipinski definition) is 2. The highest BCUT2D eigenvalue weighted by Crippen LogP contribution is 2.21. The number of nitrogens with zero attached hydrogens (tertiary/aromatic N) is 3. The van der Waals surface area contributed by atoms with Gasteiger partial charge >= 0.3 is 0 Å². The van der Waals surface area contributed by atoms with E-state index in [1.165, 1.54) is 0 Å². The summed E-state index contributed by atoms with van der Waals surface area (Å²) >= 11 is 0. The number of sulfonamides is 1. The Hall–Kier alpha value is -2.72. The second kappa shape index (κ2) is 7.26. The van der Waals surface area contributed by atoms with E-state index in [0.29, 0.717) is 23.2 Å². The second-order valence-corrected chi connectivity index (χ2v) is 7.34. The van der Waals surface area contributed by atoms with Crippen molar-refractivity contribution in [1.29, 1.82) is 0 Å². The molecule has 0 aliphatic rings. The maximum absolute atomic E-state index is 12.4. The fourth-order valence-corrected chi connectivity index (χ4v) is 3.90. The predicted molar refractivity (Wildman–Crippen MR) is 93.2 cm³/mol. The molecule has 2 heterocycles. The Morgan fingerprint density at radius 1 is 1.19 bits per heavy atom. The Kier molecular flexibility index (Phi) is 5.05. The molecule has 10 heteroatoms. The van der Waals surface area contributed by atoms with Gasteiger partial charge in [0.1, 0.15) is 10.6 Å². The third-order valence-electron chi connectivity index (χ3n) is 3.76. The maximum atomic E-state index is 12.4. The number of aromatic nitrogens is 4. The molecule has 0 saturated carbocycles. The summed E-state index contributed by atoms with van der Waals surface area (Å²) in [5.41, 5.74) is 1.68. The molecule has 0 aliphatic heterocycles. The van der Waals surface area contributed by atoms with Gasteiger partial charge in [0.05, 0.1) is 18.5 Å². The molecule has 0 unspecified atom stereocenters. The predicted octanol–water partition coefficient (Wildman–Crippen LogP) is 1.61. The van der Waals surface area contributed by atoms with Gasteiger partial charge in [-0.2, -0.15) is 5.10 Å². The zero-order valence-corrected chi connectivity index (χ0v) is 15.4. The summed E-state index contributed by atoms with van der Waals surface area (Å²) in [6.45, 7) is 3.43. The van der Waals surface area contributed by atoms with Crippen LogP contribution in [0.2, 0.25) is 0 Å². The normalized spacial score (nSPS) is 11.7. The number of rotatable bonds is 7. The van der Waals surface area contributed by atoms with Crippen LogP contribution in [-0.4, -0.2) is 42.5 Å². The van der Waals surface area contributed by atoms with Crippen molar-refractivity contribution in [3.63, 3.8) is 0 Å². The molecule has 0 aliphatic carbocycles. The fraction of sp³-hybridized carbons (Fsp3) is 0.312. The minimum absolute atomic E-state index is 0.136. The number of aryl methyl sites for hydroxylation is 2. The van der Waals surface area contributed by atoms with E-state index in [0.717, 1.165) is 11.3 Å². The largest absolute Gasteiger partial charge is 0.497 e. The smallest absolute Gasteiger partial charge is 0.247 e. The lowest BCUT2D eigenvalue weighted by atomic mass is 10.2. The zero-order valence-electron chi connectivity index (χ0n) is 14.6. The third-order valence-corrected chi connectivity index (χ3v) is 5.49. The molecule has 0 spiro atoms. The lowest BCUT2D eigenvalue weighted by Crippen LogP contribution is -2.27. The summed E-state index contributed by atoms with van der Waals surface area (Å²) in [6.07, 6.45) is 0.276. The van der Waals surface area contributed by atoms with E-state index in [2.05, 4.69) is 25.1 Å². The Balaban J connectivity index is 1.63. The third kappa shape index (κ3) is 3.75. The van der Waals surface area contributed by atoms with E-state index < -0.39 is 10.0 Å². The summed E-state index contributed by atoms with van der Waals surface area (Å²) < 4.78 is 37.9. The molecule has 0 fully saturated rings. The molecule has 3 rings (SSSR count). The van der Waals surface area contributed by atoms with Gasteiger partial charge in [0.2, 0.25) is 21.8 Å². The highest BCUT2D eigenvalue weighted by atomic mass is 32.2. The van der Waals surface area contributed by atoms with Crippen LogP contribution in [-0.2, 0) is 16.4 Å². The van der Waals surface area contributed by atoms with Crippen LogP contribution in [0.4, 0.5) is 0 Å². The number of nitrogens with one attached hydrogen (secondary N) is 2. The SMILES string of the molecule is COc1ccc(-c2nnc(CCNS(=O)(=O)c3c(C)n[nH]c3C)o2)cc1. The van der Waals surface area contributed by atoms with E-state index in [-0.39, 0.29) is 17.9 Å². The minimum Gasteiger partial charge on any atom is -0.497 e. The van der Waals surface area contributed by atoms with Crippen LogP contribution >= 0.6 is 0 Å². The van der Waals surface area contributed by atoms with Crippen molar-refractivity contribution in [2.24, 2.45) is 0 Å². The fourth-order valence-electron chi connectivity index (χ4n) is 2.51. The Bertz CT molecular complexity index is 973. The molecule has 2 aromatic heterocycles. The average Bonchev–Trinajstić information content (AvgIpc) is 3.22. The minimum atomic E-state index is -3.65. The van der Waals surface area contributed by atoms with E-state index >= 15 is 0 Å². The summed E-state index contributed by atoms with van der Waals surface area (Å²) in [4.78, 5) is 0.168. The number of aromatic amines is 1. The number of hydrogen-bond acceptors (Lipinski definition) is 7. The molecule has 0 radical (unpaired) electrons. The zero-order chi connectivity index (χ0) is 18.7. The number of ether oxygens (including phenoxy) is 1. The highest BCUT2D eigenvalue weighted by Gasteiger charge is 2.22. The molecule has 0 atom stereocenters. The van der Waals surface area contributed by atoms with Gasteiger partial charge in [-0.05, 0) is 38.1 Å². The lowest BCUT2D eigenvalue weighted by Gasteiger charge is -2.05. The Morgan fingerprint density at radius 2 is 1.92 bits per heavy atom. The van der Waals surface area contributed by atoms with Crippen molar-refractivity contribution in [3.05, 3.63) is 41.5 Å². The van der Waals surface area contributed by atoms with Gasteiger partial charge in [-0.1, -0.05) is 0 Å². The number of H-pyrrole nitrogens is 1. The van der Waals surface area contributed by atoms with Crippen molar-refractivity contribution in [3.8, 4) is 17.2 Å². The molecule has 26 heavy (non-hydrogen) atoms. The van der Waals surface area contributed by atoms with Crippen molar-refractivity contribution in [1.82, 2.24) is 25.1 Å². The summed E-state index contributed by atoms with van der Waals surface area (Å²) in [6, 6.07) is 7.21. The van der Waals surface area contributed by atoms with Crippen LogP contribution in [0, 0.1) is 13.8 Å². The molecular weight excluding hydrogens is 358 g/mol. The molecule has 0 saturated heterocycles. The molecule has 2 N–H and O–H groups in total. The molecular formula is C16H19N5O4S. The second-order valence-electron chi connectivity index (χ2n) is 5.64. The van der Waals surface area contributed by atoms with Crippen LogP contribution < -0.4 is 9.46 Å². The maximum Gasteiger partial charge on any atom is 0.247 e. The summed E-state index contributed by atoms with van der Waals surface area (Å²) in [5, 5.41) is 14.5. The first-order valence-corrected chi connectivity index (χ1v) is 9.37. The molecule has 1 aromatic carbocycles. The van der Waals surface area contributed by atoms with Crippen molar-refractivity contribution in [2.75, 3.05) is 13.7 Å². The van der Waals surface area contributed by atoms with E-state index in [1.54, 1.807) is 33.1 Å². The van der Waals surface area contributed by atoms with Gasteiger partial charge < -0.3 is 9.15 Å². The standard InChI is InChI=1S/C16H19N5O4S/c1-10-15(11(2)19-18-10)26(22,23)17-9-8-14-20-21-16(25-14)12-4-6-13(24-3)7-5-12/h4-7,17H,8-9H2,1-3H3,(H,18,19). The van der Waals surface area contributed by atoms with Gasteiger partial charge in [-0.15, -0.1) is 10.2 Å². The van der Waals surface area contributed by atoms with Crippen molar-refractivity contribution < 1.29 is 17.6 Å². The van der Waals surface area contributed by atoms with E-state index in [1.807, 2.05) is 12.1 Å². The van der Waals surface area contributed by atoms with Crippen molar-refractivity contribution in [2.45, 2.75) is 25.2 Å². The van der Waals surface area contributed by atoms with Crippen molar-refractivity contribution >= 4 is 10.0 Å². The lowest BCUT2D eigenvalue weighted by molar-refractivity contribution is 0.415. The Morgan fingerprint density at radius 3 is 2.54 bits per heavy atom. The topological polar surface area (TPSA) is 123 Å². The summed E-state index contributed by atoms with van der Waals surface area (Å²) in [7, 11) is -2.06. The summed E-state index contributed by atoms with van der Waals surface area (Å²) in [5.74, 6) is 1.44. The van der Waals surface area contributed by atoms with Crippen LogP contribution in [0.5, 0.6) is 5.75 Å². The molecule has 0 bridgehead atoms. The van der Waals surface area contributed by atoms with Gasteiger partial charge in [0.25, 0.3) is 0 Å². The first-order valence-electron chi connectivity index (χ1n) is 7.89. The van der Waals surface area contributed by atoms with E-state index in [9.17, 15) is 8.42 Å². The van der Waals surface area contributed by atoms with Crippen LogP contribution in [0.15, 0.2) is 33.6 Å². The average molecular weight is 377 g/mol. The number of methoxy groups -OCH3 is 1. The first-order chi connectivity index (χ1) is 12.4. The van der Waals surface area contributed by atoms with Gasteiger partial charge in [0.15, 0.2) is 0 Å². The highest BCUT2D eigenvalue weighted by molar-refractivity contribution is 7.89. The quantitative estimate of drug-likeness (QED) is 0.641. The molecule has 0 amide bonds. The monoisotopic (exact) mass is 377 g/mol. The number of benzene rings is 1. The molecule has 3 aromatic rings. The van der Waals surface area contributed by atoms with Crippen LogP contribution in [0.1, 0.15) is 17.3 Å².